The van der Waals surface area contributed by atoms with Gasteiger partial charge in [-0.1, -0.05) is 13.8 Å². The van der Waals surface area contributed by atoms with Crippen molar-refractivity contribution in [3.8, 4) is 0 Å². The summed E-state index contributed by atoms with van der Waals surface area (Å²) in [5.41, 5.74) is 1.10. The minimum Gasteiger partial charge on any atom is -0.476 e. The molecule has 0 radical (unpaired) electrons. The van der Waals surface area contributed by atoms with Crippen LogP contribution in [0.4, 0.5) is 0 Å². The Morgan fingerprint density at radius 1 is 1.69 bits per heavy atom. The van der Waals surface area contributed by atoms with Gasteiger partial charge in [0.05, 0.1) is 0 Å². The van der Waals surface area contributed by atoms with E-state index < -0.39 is 5.97 Å². The molecule has 1 heterocycles. The van der Waals surface area contributed by atoms with Crippen molar-refractivity contribution in [1.82, 2.24) is 9.78 Å². The van der Waals surface area contributed by atoms with E-state index in [2.05, 4.69) is 5.10 Å². The summed E-state index contributed by atoms with van der Waals surface area (Å²) < 4.78 is 1.73. The monoisotopic (exact) mass is 182 g/mol. The first-order valence-corrected chi connectivity index (χ1v) is 4.37. The number of hydrogen-bond acceptors (Lipinski definition) is 2. The summed E-state index contributed by atoms with van der Waals surface area (Å²) in [4.78, 5) is 10.6. The van der Waals surface area contributed by atoms with Gasteiger partial charge in [-0.05, 0) is 18.9 Å². The number of aromatic carboxylic acids is 1. The standard InChI is InChI=1S/C9H14N2O2/c1-4-11-8(6(2)3)5-7(10-11)9(12)13/h5-6H,4H2,1-3H3,(H,12,13). The molecule has 0 aliphatic heterocycles. The average Bonchev–Trinajstić information content (AvgIpc) is 2.47. The maximum absolute atomic E-state index is 10.6. The Labute approximate surface area is 77.2 Å². The molecule has 0 bridgehead atoms. The lowest BCUT2D eigenvalue weighted by Crippen LogP contribution is -2.04. The molecule has 1 rings (SSSR count). The number of nitrogens with zero attached hydrogens (tertiary/aromatic N) is 2. The van der Waals surface area contributed by atoms with Gasteiger partial charge < -0.3 is 5.11 Å². The van der Waals surface area contributed by atoms with Crippen molar-refractivity contribution < 1.29 is 9.90 Å². The van der Waals surface area contributed by atoms with Gasteiger partial charge >= 0.3 is 5.97 Å². The second-order valence-electron chi connectivity index (χ2n) is 3.23. The summed E-state index contributed by atoms with van der Waals surface area (Å²) >= 11 is 0. The van der Waals surface area contributed by atoms with Crippen LogP contribution in [0, 0.1) is 0 Å². The Morgan fingerprint density at radius 2 is 2.31 bits per heavy atom. The highest BCUT2D eigenvalue weighted by Crippen LogP contribution is 2.15. The van der Waals surface area contributed by atoms with Crippen molar-refractivity contribution >= 4 is 5.97 Å². The van der Waals surface area contributed by atoms with Crippen molar-refractivity contribution in [3.63, 3.8) is 0 Å². The van der Waals surface area contributed by atoms with Crippen LogP contribution in [0.1, 0.15) is 42.9 Å². The van der Waals surface area contributed by atoms with Crippen molar-refractivity contribution in [2.45, 2.75) is 33.2 Å². The molecule has 0 saturated heterocycles. The molecule has 0 aliphatic carbocycles. The second kappa shape index (κ2) is 3.60. The Hall–Kier alpha value is -1.32. The molecule has 0 spiro atoms. The van der Waals surface area contributed by atoms with Crippen LogP contribution < -0.4 is 0 Å². The lowest BCUT2D eigenvalue weighted by atomic mass is 10.1. The molecular formula is C9H14N2O2. The van der Waals surface area contributed by atoms with Crippen LogP contribution in [-0.2, 0) is 6.54 Å². The highest BCUT2D eigenvalue weighted by Gasteiger charge is 2.13. The van der Waals surface area contributed by atoms with Crippen molar-refractivity contribution in [2.24, 2.45) is 0 Å². The number of carboxylic acids is 1. The predicted molar refractivity (Wildman–Crippen MR) is 48.9 cm³/mol. The maximum atomic E-state index is 10.6. The Morgan fingerprint density at radius 3 is 2.62 bits per heavy atom. The number of aromatic nitrogens is 2. The Balaban J connectivity index is 3.11. The summed E-state index contributed by atoms with van der Waals surface area (Å²) in [7, 11) is 0. The molecule has 0 saturated carbocycles. The fourth-order valence-corrected chi connectivity index (χ4v) is 1.25. The van der Waals surface area contributed by atoms with Gasteiger partial charge in [-0.25, -0.2) is 4.79 Å². The number of hydrogen-bond donors (Lipinski definition) is 1. The molecule has 0 aromatic carbocycles. The van der Waals surface area contributed by atoms with Gasteiger partial charge in [-0.3, -0.25) is 4.68 Å². The van der Waals surface area contributed by atoms with Crippen LogP contribution in [0.25, 0.3) is 0 Å². The highest BCUT2D eigenvalue weighted by atomic mass is 16.4. The molecule has 13 heavy (non-hydrogen) atoms. The largest absolute Gasteiger partial charge is 0.476 e. The predicted octanol–water partition coefficient (Wildman–Crippen LogP) is 1.72. The number of carbonyl (C=O) groups is 1. The van der Waals surface area contributed by atoms with E-state index in [1.54, 1.807) is 10.7 Å². The normalized spacial score (nSPS) is 10.8. The quantitative estimate of drug-likeness (QED) is 0.774. The van der Waals surface area contributed by atoms with Crippen LogP contribution in [0.3, 0.4) is 0 Å². The summed E-state index contributed by atoms with van der Waals surface area (Å²) in [6.07, 6.45) is 0. The summed E-state index contributed by atoms with van der Waals surface area (Å²) in [5, 5.41) is 12.7. The third kappa shape index (κ3) is 1.88. The third-order valence-electron chi connectivity index (χ3n) is 1.92. The summed E-state index contributed by atoms with van der Waals surface area (Å²) in [6, 6.07) is 1.64. The Bertz CT molecular complexity index is 315. The van der Waals surface area contributed by atoms with Crippen LogP contribution in [0.15, 0.2) is 6.07 Å². The topological polar surface area (TPSA) is 55.1 Å². The van der Waals surface area contributed by atoms with E-state index >= 15 is 0 Å². The van der Waals surface area contributed by atoms with Crippen LogP contribution in [0.5, 0.6) is 0 Å². The fraction of sp³-hybridized carbons (Fsp3) is 0.556. The van der Waals surface area contributed by atoms with Gasteiger partial charge in [0, 0.05) is 12.2 Å². The van der Waals surface area contributed by atoms with Gasteiger partial charge in [0.15, 0.2) is 5.69 Å². The van der Waals surface area contributed by atoms with E-state index in [1.807, 2.05) is 20.8 Å². The van der Waals surface area contributed by atoms with E-state index in [0.29, 0.717) is 12.5 Å². The number of rotatable bonds is 3. The first kappa shape index (κ1) is 9.77. The molecule has 4 nitrogen and oxygen atoms in total. The molecule has 4 heteroatoms. The zero-order valence-electron chi connectivity index (χ0n) is 8.11. The molecule has 0 atom stereocenters. The summed E-state index contributed by atoms with van der Waals surface area (Å²) in [5.74, 6) is -0.658. The highest BCUT2D eigenvalue weighted by molar-refractivity contribution is 5.85. The molecule has 1 N–H and O–H groups in total. The van der Waals surface area contributed by atoms with Crippen molar-refractivity contribution in [3.05, 3.63) is 17.5 Å². The fourth-order valence-electron chi connectivity index (χ4n) is 1.25. The second-order valence-corrected chi connectivity index (χ2v) is 3.23. The molecule has 0 unspecified atom stereocenters. The lowest BCUT2D eigenvalue weighted by molar-refractivity contribution is 0.0689. The minimum absolute atomic E-state index is 0.130. The first-order valence-electron chi connectivity index (χ1n) is 4.37. The van der Waals surface area contributed by atoms with E-state index in [0.717, 1.165) is 5.69 Å². The van der Waals surface area contributed by atoms with E-state index in [9.17, 15) is 4.79 Å². The third-order valence-corrected chi connectivity index (χ3v) is 1.92. The minimum atomic E-state index is -0.964. The molecule has 0 amide bonds. The average molecular weight is 182 g/mol. The number of aryl methyl sites for hydroxylation is 1. The SMILES string of the molecule is CCn1nc(C(=O)O)cc1C(C)C. The molecule has 0 aliphatic rings. The maximum Gasteiger partial charge on any atom is 0.356 e. The van der Waals surface area contributed by atoms with E-state index in [4.69, 9.17) is 5.11 Å². The lowest BCUT2D eigenvalue weighted by Gasteiger charge is -2.06. The van der Waals surface area contributed by atoms with Crippen LogP contribution >= 0.6 is 0 Å². The Kier molecular flexibility index (Phi) is 2.70. The van der Waals surface area contributed by atoms with Gasteiger partial charge in [-0.15, -0.1) is 0 Å². The first-order chi connectivity index (χ1) is 6.06. The summed E-state index contributed by atoms with van der Waals surface area (Å²) in [6.45, 7) is 6.70. The molecule has 0 fully saturated rings. The molecule has 72 valence electrons. The molecule has 1 aromatic rings. The van der Waals surface area contributed by atoms with Gasteiger partial charge in [-0.2, -0.15) is 5.10 Å². The van der Waals surface area contributed by atoms with E-state index in [1.165, 1.54) is 0 Å². The van der Waals surface area contributed by atoms with Gasteiger partial charge in [0.2, 0.25) is 0 Å². The van der Waals surface area contributed by atoms with E-state index in [-0.39, 0.29) is 5.69 Å². The van der Waals surface area contributed by atoms with Gasteiger partial charge in [0.25, 0.3) is 0 Å². The zero-order chi connectivity index (χ0) is 10.0. The van der Waals surface area contributed by atoms with Crippen LogP contribution in [0.2, 0.25) is 0 Å². The zero-order valence-corrected chi connectivity index (χ0v) is 8.11. The van der Waals surface area contributed by atoms with Crippen molar-refractivity contribution in [1.29, 1.82) is 0 Å². The molecular weight excluding hydrogens is 168 g/mol. The number of carboxylic acid groups (broad SMARTS) is 1. The van der Waals surface area contributed by atoms with Crippen LogP contribution in [-0.4, -0.2) is 20.9 Å². The van der Waals surface area contributed by atoms with Gasteiger partial charge in [0.1, 0.15) is 0 Å². The smallest absolute Gasteiger partial charge is 0.356 e. The van der Waals surface area contributed by atoms with Crippen molar-refractivity contribution in [2.75, 3.05) is 0 Å². The molecule has 1 aromatic heterocycles.